The molecule has 1 rings (SSSR count). The highest BCUT2D eigenvalue weighted by molar-refractivity contribution is 5.21. The van der Waals surface area contributed by atoms with Gasteiger partial charge in [0.05, 0.1) is 6.10 Å². The summed E-state index contributed by atoms with van der Waals surface area (Å²) in [5.41, 5.74) is 0. The summed E-state index contributed by atoms with van der Waals surface area (Å²) < 4.78 is 6.22. The number of ether oxygens (including phenoxy) is 1. The van der Waals surface area contributed by atoms with Crippen LogP contribution >= 0.6 is 0 Å². The van der Waals surface area contributed by atoms with Crippen LogP contribution < -0.4 is 4.74 Å². The maximum Gasteiger partial charge on any atom is 0.119 e. The lowest BCUT2D eigenvalue weighted by Crippen LogP contribution is -2.16. The van der Waals surface area contributed by atoms with Gasteiger partial charge < -0.3 is 4.74 Å². The number of para-hydroxylation sites is 1. The first kappa shape index (κ1) is 23.1. The van der Waals surface area contributed by atoms with Gasteiger partial charge in [0.15, 0.2) is 0 Å². The van der Waals surface area contributed by atoms with E-state index in [1.165, 1.54) is 103 Å². The first-order chi connectivity index (χ1) is 12.9. The van der Waals surface area contributed by atoms with Gasteiger partial charge in [-0.3, -0.25) is 0 Å². The average molecular weight is 361 g/mol. The molecule has 0 bridgehead atoms. The number of benzene rings is 1. The van der Waals surface area contributed by atoms with Crippen LogP contribution in [0.1, 0.15) is 117 Å². The highest BCUT2D eigenvalue weighted by atomic mass is 16.5. The van der Waals surface area contributed by atoms with E-state index in [9.17, 15) is 0 Å². The molecule has 0 aliphatic rings. The Hall–Kier alpha value is -0.980. The molecule has 0 heterocycles. The molecule has 26 heavy (non-hydrogen) atoms. The minimum atomic E-state index is 0.403. The lowest BCUT2D eigenvalue weighted by atomic mass is 10.0. The third kappa shape index (κ3) is 13.3. The summed E-state index contributed by atoms with van der Waals surface area (Å²) in [6.45, 7) is 4.56. The molecule has 0 aliphatic heterocycles. The molecule has 1 aromatic carbocycles. The Balaban J connectivity index is 2.00. The lowest BCUT2D eigenvalue weighted by molar-refractivity contribution is 0.173. The van der Waals surface area contributed by atoms with Crippen molar-refractivity contribution in [2.24, 2.45) is 0 Å². The standard InChI is InChI=1S/C25H44O/c1-3-5-7-8-9-10-11-12-13-14-15-17-21-24(20-6-4-2)26-25-22-18-16-19-23-25/h16,18-19,22-24H,3-15,17,20-21H2,1-2H3. The molecule has 0 saturated carbocycles. The number of unbranched alkanes of at least 4 members (excludes halogenated alkanes) is 12. The Labute approximate surface area is 163 Å². The van der Waals surface area contributed by atoms with Crippen LogP contribution in [0.2, 0.25) is 0 Å². The average Bonchev–Trinajstić information content (AvgIpc) is 2.67. The first-order valence-corrected chi connectivity index (χ1v) is 11.6. The number of rotatable bonds is 18. The maximum absolute atomic E-state index is 6.22. The zero-order chi connectivity index (χ0) is 18.7. The zero-order valence-corrected chi connectivity index (χ0v) is 17.7. The smallest absolute Gasteiger partial charge is 0.119 e. The number of hydrogen-bond acceptors (Lipinski definition) is 1. The molecule has 1 atom stereocenters. The van der Waals surface area contributed by atoms with Crippen LogP contribution in [-0.4, -0.2) is 6.10 Å². The molecule has 0 aliphatic carbocycles. The molecule has 150 valence electrons. The Morgan fingerprint density at radius 3 is 1.58 bits per heavy atom. The highest BCUT2D eigenvalue weighted by Gasteiger charge is 2.09. The second-order valence-electron chi connectivity index (χ2n) is 7.87. The van der Waals surface area contributed by atoms with E-state index in [0.29, 0.717) is 6.10 Å². The van der Waals surface area contributed by atoms with Gasteiger partial charge in [0, 0.05) is 0 Å². The van der Waals surface area contributed by atoms with Gasteiger partial charge in [0.2, 0.25) is 0 Å². The number of hydrogen-bond donors (Lipinski definition) is 0. The predicted octanol–water partition coefficient (Wildman–Crippen LogP) is 8.72. The topological polar surface area (TPSA) is 9.23 Å². The first-order valence-electron chi connectivity index (χ1n) is 11.6. The van der Waals surface area contributed by atoms with Crippen molar-refractivity contribution in [3.05, 3.63) is 30.3 Å². The minimum Gasteiger partial charge on any atom is -0.490 e. The normalized spacial score (nSPS) is 12.2. The van der Waals surface area contributed by atoms with Gasteiger partial charge in [-0.05, 0) is 31.4 Å². The Morgan fingerprint density at radius 2 is 1.04 bits per heavy atom. The fraction of sp³-hybridized carbons (Fsp3) is 0.760. The van der Waals surface area contributed by atoms with Crippen molar-refractivity contribution in [3.8, 4) is 5.75 Å². The van der Waals surface area contributed by atoms with Crippen molar-refractivity contribution in [2.45, 2.75) is 123 Å². The second kappa shape index (κ2) is 17.4. The van der Waals surface area contributed by atoms with E-state index in [4.69, 9.17) is 4.74 Å². The summed E-state index contributed by atoms with van der Waals surface area (Å²) in [5.74, 6) is 1.03. The lowest BCUT2D eigenvalue weighted by Gasteiger charge is -2.19. The summed E-state index contributed by atoms with van der Waals surface area (Å²) in [7, 11) is 0. The SMILES string of the molecule is CCCCCCCCCCCCCCC(CCCC)Oc1ccccc1. The van der Waals surface area contributed by atoms with E-state index < -0.39 is 0 Å². The Bertz CT molecular complexity index is 386. The van der Waals surface area contributed by atoms with Gasteiger partial charge in [-0.2, -0.15) is 0 Å². The van der Waals surface area contributed by atoms with Gasteiger partial charge in [-0.1, -0.05) is 116 Å². The molecule has 0 aromatic heterocycles. The largest absolute Gasteiger partial charge is 0.490 e. The van der Waals surface area contributed by atoms with Crippen LogP contribution in [0.5, 0.6) is 5.75 Å². The molecular formula is C25H44O. The third-order valence-corrected chi connectivity index (χ3v) is 5.31. The fourth-order valence-electron chi connectivity index (χ4n) is 3.60. The van der Waals surface area contributed by atoms with E-state index in [1.54, 1.807) is 0 Å². The van der Waals surface area contributed by atoms with E-state index in [1.807, 2.05) is 0 Å². The van der Waals surface area contributed by atoms with Gasteiger partial charge in [-0.15, -0.1) is 0 Å². The molecule has 0 saturated heterocycles. The molecule has 1 unspecified atom stereocenters. The van der Waals surface area contributed by atoms with Gasteiger partial charge in [-0.25, -0.2) is 0 Å². The summed E-state index contributed by atoms with van der Waals surface area (Å²) >= 11 is 0. The molecule has 0 amide bonds. The zero-order valence-electron chi connectivity index (χ0n) is 17.7. The molecule has 0 N–H and O–H groups in total. The third-order valence-electron chi connectivity index (χ3n) is 5.31. The van der Waals surface area contributed by atoms with Crippen molar-refractivity contribution in [2.75, 3.05) is 0 Å². The van der Waals surface area contributed by atoms with E-state index in [2.05, 4.69) is 44.2 Å². The van der Waals surface area contributed by atoms with Gasteiger partial charge in [0.25, 0.3) is 0 Å². The molecule has 0 spiro atoms. The molecule has 1 nitrogen and oxygen atoms in total. The summed E-state index contributed by atoms with van der Waals surface area (Å²) in [6, 6.07) is 10.4. The molecule has 1 heteroatoms. The maximum atomic E-state index is 6.22. The summed E-state index contributed by atoms with van der Waals surface area (Å²) in [6.07, 6.45) is 22.3. The van der Waals surface area contributed by atoms with Crippen LogP contribution in [0.3, 0.4) is 0 Å². The van der Waals surface area contributed by atoms with Crippen LogP contribution in [-0.2, 0) is 0 Å². The van der Waals surface area contributed by atoms with Crippen molar-refractivity contribution in [1.82, 2.24) is 0 Å². The summed E-state index contributed by atoms with van der Waals surface area (Å²) in [4.78, 5) is 0. The molecule has 1 aromatic rings. The van der Waals surface area contributed by atoms with Crippen LogP contribution in [0.15, 0.2) is 30.3 Å². The molecular weight excluding hydrogens is 316 g/mol. The van der Waals surface area contributed by atoms with Gasteiger partial charge in [0.1, 0.15) is 5.75 Å². The van der Waals surface area contributed by atoms with Gasteiger partial charge >= 0.3 is 0 Å². The predicted molar refractivity (Wildman–Crippen MR) is 116 cm³/mol. The van der Waals surface area contributed by atoms with Crippen molar-refractivity contribution in [1.29, 1.82) is 0 Å². The molecule has 0 fully saturated rings. The Kier molecular flexibility index (Phi) is 15.5. The minimum absolute atomic E-state index is 0.403. The monoisotopic (exact) mass is 360 g/mol. The van der Waals surface area contributed by atoms with E-state index in [-0.39, 0.29) is 0 Å². The second-order valence-corrected chi connectivity index (χ2v) is 7.87. The van der Waals surface area contributed by atoms with E-state index in [0.717, 1.165) is 5.75 Å². The van der Waals surface area contributed by atoms with Crippen molar-refractivity contribution >= 4 is 0 Å². The van der Waals surface area contributed by atoms with Crippen molar-refractivity contribution in [3.63, 3.8) is 0 Å². The van der Waals surface area contributed by atoms with Crippen molar-refractivity contribution < 1.29 is 4.74 Å². The van der Waals surface area contributed by atoms with E-state index >= 15 is 0 Å². The quantitative estimate of drug-likeness (QED) is 0.238. The van der Waals surface area contributed by atoms with Crippen LogP contribution in [0.25, 0.3) is 0 Å². The summed E-state index contributed by atoms with van der Waals surface area (Å²) in [5, 5.41) is 0. The highest BCUT2D eigenvalue weighted by Crippen LogP contribution is 2.19. The Morgan fingerprint density at radius 1 is 0.577 bits per heavy atom. The van der Waals surface area contributed by atoms with Crippen LogP contribution in [0.4, 0.5) is 0 Å². The molecule has 0 radical (unpaired) electrons. The fourth-order valence-corrected chi connectivity index (χ4v) is 3.60. The van der Waals surface area contributed by atoms with Crippen LogP contribution in [0, 0.1) is 0 Å².